The Morgan fingerprint density at radius 3 is 1.80 bits per heavy atom. The van der Waals surface area contributed by atoms with Gasteiger partial charge in [0, 0.05) is 6.42 Å². The third-order valence-corrected chi connectivity index (χ3v) is 2.45. The van der Waals surface area contributed by atoms with E-state index in [0.29, 0.717) is 13.1 Å². The number of rotatable bonds is 9. The monoisotopic (exact) mass is 283 g/mol. The summed E-state index contributed by atoms with van der Waals surface area (Å²) in [6.45, 7) is 5.07. The molecule has 94 valence electrons. The summed E-state index contributed by atoms with van der Waals surface area (Å²) in [4.78, 5) is -0.787. The normalized spacial score (nSPS) is 11.2. The van der Waals surface area contributed by atoms with Gasteiger partial charge in [0.15, 0.2) is 0 Å². The fraction of sp³-hybridized carbons (Fsp3) is 1.00. The van der Waals surface area contributed by atoms with E-state index in [0.717, 1.165) is 19.3 Å². The van der Waals surface area contributed by atoms with Gasteiger partial charge in [-0.2, -0.15) is 10.4 Å². The molecule has 0 spiro atoms. The first kappa shape index (κ1) is 17.7. The van der Waals surface area contributed by atoms with E-state index in [1.165, 1.54) is 25.7 Å². The summed E-state index contributed by atoms with van der Waals surface area (Å²) >= 11 is 0. The molecular weight excluding hydrogens is 258 g/mol. The Hall–Kier alpha value is 0.360. The minimum atomic E-state index is -0.787. The van der Waals surface area contributed by atoms with Crippen molar-refractivity contribution in [2.75, 3.05) is 13.1 Å². The maximum Gasteiger partial charge on any atom is 0.142 e. The summed E-state index contributed by atoms with van der Waals surface area (Å²) in [6.07, 6.45) is 7.90. The standard InChI is InChI=1S/C11H26NO2.BrH/c1-3-5-6-7-8-9-11-12(13,14)10-4-2;/h13-14H,3-11H2,1-2H3;1H/q+1;/p-1. The van der Waals surface area contributed by atoms with Crippen molar-refractivity contribution in [1.29, 1.82) is 0 Å². The van der Waals surface area contributed by atoms with Crippen LogP contribution >= 0.6 is 0 Å². The van der Waals surface area contributed by atoms with Crippen molar-refractivity contribution in [3.63, 3.8) is 0 Å². The Balaban J connectivity index is 0. The molecule has 0 fully saturated rings. The Kier molecular flexibility index (Phi) is 12.9. The van der Waals surface area contributed by atoms with E-state index >= 15 is 0 Å². The fourth-order valence-electron chi connectivity index (χ4n) is 1.62. The summed E-state index contributed by atoms with van der Waals surface area (Å²) in [6, 6.07) is 0. The van der Waals surface area contributed by atoms with Crippen molar-refractivity contribution >= 4 is 0 Å². The average Bonchev–Trinajstić information content (AvgIpc) is 2.11. The molecule has 0 aromatic carbocycles. The van der Waals surface area contributed by atoms with Crippen LogP contribution in [0.25, 0.3) is 0 Å². The Bertz CT molecular complexity index is 132. The van der Waals surface area contributed by atoms with Crippen LogP contribution < -0.4 is 17.0 Å². The second-order valence-electron chi connectivity index (χ2n) is 4.09. The highest BCUT2D eigenvalue weighted by atomic mass is 79.9. The zero-order chi connectivity index (χ0) is 10.9. The van der Waals surface area contributed by atoms with Gasteiger partial charge >= 0.3 is 0 Å². The number of hydrogen-bond acceptors (Lipinski definition) is 2. The van der Waals surface area contributed by atoms with E-state index in [2.05, 4.69) is 6.92 Å². The van der Waals surface area contributed by atoms with E-state index in [9.17, 15) is 10.4 Å². The van der Waals surface area contributed by atoms with Crippen molar-refractivity contribution in [3.05, 3.63) is 0 Å². The van der Waals surface area contributed by atoms with Crippen LogP contribution in [-0.2, 0) is 0 Å². The second-order valence-corrected chi connectivity index (χ2v) is 4.09. The summed E-state index contributed by atoms with van der Waals surface area (Å²) in [5.41, 5.74) is 0. The molecule has 2 N–H and O–H groups in total. The molecule has 0 aliphatic carbocycles. The lowest BCUT2D eigenvalue weighted by Crippen LogP contribution is -3.00. The Morgan fingerprint density at radius 2 is 1.27 bits per heavy atom. The average molecular weight is 284 g/mol. The van der Waals surface area contributed by atoms with E-state index in [-0.39, 0.29) is 17.0 Å². The zero-order valence-corrected chi connectivity index (χ0v) is 11.7. The van der Waals surface area contributed by atoms with Gasteiger partial charge < -0.3 is 17.0 Å². The van der Waals surface area contributed by atoms with Gasteiger partial charge in [-0.25, -0.2) is 0 Å². The van der Waals surface area contributed by atoms with E-state index in [1.807, 2.05) is 6.92 Å². The van der Waals surface area contributed by atoms with Crippen LogP contribution in [0.3, 0.4) is 0 Å². The summed E-state index contributed by atoms with van der Waals surface area (Å²) < 4.78 is 0. The molecule has 0 atom stereocenters. The minimum Gasteiger partial charge on any atom is -1.00 e. The van der Waals surface area contributed by atoms with Crippen LogP contribution in [-0.4, -0.2) is 28.3 Å². The molecule has 15 heavy (non-hydrogen) atoms. The Morgan fingerprint density at radius 1 is 0.733 bits per heavy atom. The highest BCUT2D eigenvalue weighted by Crippen LogP contribution is 2.08. The van der Waals surface area contributed by atoms with Gasteiger partial charge in [-0.3, -0.25) is 0 Å². The molecule has 0 saturated carbocycles. The van der Waals surface area contributed by atoms with Crippen molar-refractivity contribution in [3.8, 4) is 0 Å². The molecule has 0 aliphatic heterocycles. The van der Waals surface area contributed by atoms with Crippen LogP contribution in [0, 0.1) is 0 Å². The van der Waals surface area contributed by atoms with E-state index in [4.69, 9.17) is 0 Å². The number of hydroxylamine groups is 4. The second kappa shape index (κ2) is 10.9. The first-order chi connectivity index (χ1) is 6.62. The number of halogens is 1. The SMILES string of the molecule is CCCCCCCC[N+](O)(O)CCC.[Br-]. The molecule has 0 aromatic rings. The topological polar surface area (TPSA) is 40.5 Å². The fourth-order valence-corrected chi connectivity index (χ4v) is 1.62. The maximum atomic E-state index is 9.41. The summed E-state index contributed by atoms with van der Waals surface area (Å²) in [5.74, 6) is 0. The maximum absolute atomic E-state index is 9.41. The lowest BCUT2D eigenvalue weighted by molar-refractivity contribution is -1.24. The molecule has 0 aromatic heterocycles. The number of hydrogen-bond donors (Lipinski definition) is 2. The summed E-state index contributed by atoms with van der Waals surface area (Å²) in [5, 5.41) is 18.8. The van der Waals surface area contributed by atoms with E-state index < -0.39 is 4.81 Å². The number of quaternary nitrogens is 1. The van der Waals surface area contributed by atoms with Crippen molar-refractivity contribution in [2.24, 2.45) is 0 Å². The van der Waals surface area contributed by atoms with Crippen molar-refractivity contribution in [1.82, 2.24) is 0 Å². The van der Waals surface area contributed by atoms with Crippen LogP contribution in [0.2, 0.25) is 0 Å². The minimum absolute atomic E-state index is 0. The Labute approximate surface area is 104 Å². The first-order valence-corrected chi connectivity index (χ1v) is 5.95. The molecule has 0 radical (unpaired) electrons. The highest BCUT2D eigenvalue weighted by Gasteiger charge is 2.19. The zero-order valence-electron chi connectivity index (χ0n) is 10.1. The molecule has 0 saturated heterocycles. The lowest BCUT2D eigenvalue weighted by Gasteiger charge is -2.20. The third-order valence-electron chi connectivity index (χ3n) is 2.45. The molecule has 0 aliphatic rings. The predicted octanol–water partition coefficient (Wildman–Crippen LogP) is 0.356. The molecule has 0 rings (SSSR count). The third kappa shape index (κ3) is 12.3. The van der Waals surface area contributed by atoms with Crippen molar-refractivity contribution < 1.29 is 32.2 Å². The lowest BCUT2D eigenvalue weighted by atomic mass is 10.1. The molecule has 4 heteroatoms. The van der Waals surface area contributed by atoms with Gasteiger partial charge in [-0.1, -0.05) is 39.5 Å². The van der Waals surface area contributed by atoms with Gasteiger partial charge in [0.05, 0.1) is 0 Å². The van der Waals surface area contributed by atoms with Gasteiger partial charge in [-0.15, -0.1) is 0 Å². The number of nitrogens with zero attached hydrogens (tertiary/aromatic N) is 1. The molecule has 0 heterocycles. The molecular formula is C11H26BrNO2. The molecule has 0 unspecified atom stereocenters. The van der Waals surface area contributed by atoms with Crippen molar-refractivity contribution in [2.45, 2.75) is 58.8 Å². The largest absolute Gasteiger partial charge is 1.00 e. The molecule has 0 bridgehead atoms. The highest BCUT2D eigenvalue weighted by molar-refractivity contribution is 4.42. The van der Waals surface area contributed by atoms with Crippen LogP contribution in [0.5, 0.6) is 0 Å². The number of unbranched alkanes of at least 4 members (excludes halogenated alkanes) is 5. The molecule has 3 nitrogen and oxygen atoms in total. The molecule has 0 amide bonds. The quantitative estimate of drug-likeness (QED) is 0.364. The van der Waals surface area contributed by atoms with Crippen LogP contribution in [0.1, 0.15) is 58.8 Å². The predicted molar refractivity (Wildman–Crippen MR) is 57.2 cm³/mol. The summed E-state index contributed by atoms with van der Waals surface area (Å²) in [7, 11) is 0. The van der Waals surface area contributed by atoms with Crippen LogP contribution in [0.15, 0.2) is 0 Å². The van der Waals surface area contributed by atoms with Gasteiger partial charge in [-0.05, 0) is 17.7 Å². The van der Waals surface area contributed by atoms with Crippen LogP contribution in [0.4, 0.5) is 0 Å². The van der Waals surface area contributed by atoms with Gasteiger partial charge in [0.2, 0.25) is 0 Å². The van der Waals surface area contributed by atoms with E-state index in [1.54, 1.807) is 0 Å². The smallest absolute Gasteiger partial charge is 0.142 e. The van der Waals surface area contributed by atoms with Gasteiger partial charge in [0.25, 0.3) is 0 Å². The van der Waals surface area contributed by atoms with Gasteiger partial charge in [0.1, 0.15) is 13.1 Å². The first-order valence-electron chi connectivity index (χ1n) is 5.95.